The van der Waals surface area contributed by atoms with Crippen LogP contribution < -0.4 is 10.2 Å². The van der Waals surface area contributed by atoms with Gasteiger partial charge in [-0.25, -0.2) is 0 Å². The lowest BCUT2D eigenvalue weighted by Crippen LogP contribution is -2.43. The first kappa shape index (κ1) is 15.0. The molecular formula is C16H24N2O2. The van der Waals surface area contributed by atoms with Crippen LogP contribution in [0.25, 0.3) is 0 Å². The first-order valence-electron chi connectivity index (χ1n) is 7.26. The fraction of sp³-hybridized carbons (Fsp3) is 0.562. The van der Waals surface area contributed by atoms with Crippen LogP contribution >= 0.6 is 0 Å². The number of anilines is 1. The average molecular weight is 276 g/mol. The number of para-hydroxylation sites is 1. The van der Waals surface area contributed by atoms with E-state index in [1.807, 2.05) is 38.2 Å². The Morgan fingerprint density at radius 3 is 2.85 bits per heavy atom. The second-order valence-electron chi connectivity index (χ2n) is 5.90. The number of nitrogens with one attached hydrogen (secondary N) is 1. The third-order valence-corrected chi connectivity index (χ3v) is 3.94. The van der Waals surface area contributed by atoms with E-state index in [4.69, 9.17) is 0 Å². The van der Waals surface area contributed by atoms with Crippen LogP contribution in [-0.2, 0) is 4.79 Å². The Hall–Kier alpha value is -1.39. The molecule has 0 aromatic heterocycles. The standard InChI is InChI=1S/C16H24N2O2/c1-4-9-16(2,20)11-17-13-10-15(19)18(3)14-8-6-5-7-12(13)14/h5-8,13,17,20H,4,9-11H2,1-3H3. The highest BCUT2D eigenvalue weighted by Crippen LogP contribution is 2.33. The molecule has 1 aliphatic rings. The van der Waals surface area contributed by atoms with Crippen LogP contribution in [0.3, 0.4) is 0 Å². The molecule has 0 saturated carbocycles. The highest BCUT2D eigenvalue weighted by Gasteiger charge is 2.30. The van der Waals surface area contributed by atoms with Gasteiger partial charge in [-0.05, 0) is 25.0 Å². The van der Waals surface area contributed by atoms with Gasteiger partial charge in [-0.1, -0.05) is 31.5 Å². The zero-order valence-electron chi connectivity index (χ0n) is 12.5. The smallest absolute Gasteiger partial charge is 0.228 e. The van der Waals surface area contributed by atoms with Gasteiger partial charge in [0.2, 0.25) is 5.91 Å². The number of hydrogen-bond donors (Lipinski definition) is 2. The van der Waals surface area contributed by atoms with Gasteiger partial charge in [0.1, 0.15) is 0 Å². The number of carbonyl (C=O) groups is 1. The van der Waals surface area contributed by atoms with Crippen molar-refractivity contribution in [1.82, 2.24) is 5.32 Å². The maximum atomic E-state index is 12.0. The molecule has 0 aliphatic carbocycles. The monoisotopic (exact) mass is 276 g/mol. The summed E-state index contributed by atoms with van der Waals surface area (Å²) in [5, 5.41) is 13.6. The minimum Gasteiger partial charge on any atom is -0.389 e. The van der Waals surface area contributed by atoms with Crippen molar-refractivity contribution in [3.05, 3.63) is 29.8 Å². The summed E-state index contributed by atoms with van der Waals surface area (Å²) in [5.74, 6) is 0.108. The van der Waals surface area contributed by atoms with Crippen molar-refractivity contribution >= 4 is 11.6 Å². The van der Waals surface area contributed by atoms with Gasteiger partial charge in [0.05, 0.1) is 5.60 Å². The Balaban J connectivity index is 2.13. The van der Waals surface area contributed by atoms with E-state index in [-0.39, 0.29) is 11.9 Å². The number of nitrogens with zero attached hydrogens (tertiary/aromatic N) is 1. The molecule has 2 atom stereocenters. The number of rotatable bonds is 5. The normalized spacial score (nSPS) is 21.5. The van der Waals surface area contributed by atoms with E-state index in [1.54, 1.807) is 4.90 Å². The van der Waals surface area contributed by atoms with Crippen LogP contribution in [0, 0.1) is 0 Å². The molecule has 2 rings (SSSR count). The summed E-state index contributed by atoms with van der Waals surface area (Å²) >= 11 is 0. The lowest BCUT2D eigenvalue weighted by molar-refractivity contribution is -0.119. The predicted molar refractivity (Wildman–Crippen MR) is 80.7 cm³/mol. The zero-order chi connectivity index (χ0) is 14.8. The van der Waals surface area contributed by atoms with Crippen molar-refractivity contribution in [2.45, 2.75) is 44.8 Å². The van der Waals surface area contributed by atoms with Crippen LogP contribution in [0.4, 0.5) is 5.69 Å². The lowest BCUT2D eigenvalue weighted by atomic mass is 9.94. The predicted octanol–water partition coefficient (Wildman–Crippen LogP) is 2.23. The number of hydrogen-bond acceptors (Lipinski definition) is 3. The summed E-state index contributed by atoms with van der Waals surface area (Å²) in [6.45, 7) is 4.39. The van der Waals surface area contributed by atoms with Gasteiger partial charge in [-0.2, -0.15) is 0 Å². The third kappa shape index (κ3) is 3.19. The molecule has 1 aliphatic heterocycles. The zero-order valence-corrected chi connectivity index (χ0v) is 12.5. The molecule has 2 unspecified atom stereocenters. The molecule has 1 heterocycles. The van der Waals surface area contributed by atoms with Gasteiger partial charge in [0.25, 0.3) is 0 Å². The van der Waals surface area contributed by atoms with Crippen molar-refractivity contribution in [3.63, 3.8) is 0 Å². The molecule has 1 aromatic rings. The van der Waals surface area contributed by atoms with E-state index >= 15 is 0 Å². The van der Waals surface area contributed by atoms with Crippen LogP contribution in [0.2, 0.25) is 0 Å². The fourth-order valence-corrected chi connectivity index (χ4v) is 2.80. The van der Waals surface area contributed by atoms with Gasteiger partial charge in [0, 0.05) is 31.7 Å². The second-order valence-corrected chi connectivity index (χ2v) is 5.90. The summed E-state index contributed by atoms with van der Waals surface area (Å²) in [7, 11) is 1.81. The molecule has 0 spiro atoms. The Morgan fingerprint density at radius 1 is 1.45 bits per heavy atom. The number of fused-ring (bicyclic) bond motifs is 1. The van der Waals surface area contributed by atoms with E-state index in [1.165, 1.54) is 0 Å². The molecule has 1 amide bonds. The van der Waals surface area contributed by atoms with Crippen LogP contribution in [0.1, 0.15) is 44.7 Å². The summed E-state index contributed by atoms with van der Waals surface area (Å²) in [6.07, 6.45) is 2.13. The van der Waals surface area contributed by atoms with E-state index in [0.717, 1.165) is 24.1 Å². The minimum atomic E-state index is -0.726. The van der Waals surface area contributed by atoms with Crippen molar-refractivity contribution in [1.29, 1.82) is 0 Å². The number of aliphatic hydroxyl groups is 1. The average Bonchev–Trinajstić information content (AvgIpc) is 2.41. The van der Waals surface area contributed by atoms with Crippen LogP contribution in [0.5, 0.6) is 0 Å². The molecule has 0 radical (unpaired) electrons. The summed E-state index contributed by atoms with van der Waals surface area (Å²) < 4.78 is 0. The number of amides is 1. The van der Waals surface area contributed by atoms with Crippen molar-refractivity contribution in [2.75, 3.05) is 18.5 Å². The SMILES string of the molecule is CCCC(C)(O)CNC1CC(=O)N(C)c2ccccc21. The van der Waals surface area contributed by atoms with Gasteiger partial charge in [0.15, 0.2) is 0 Å². The molecule has 0 bridgehead atoms. The van der Waals surface area contributed by atoms with Gasteiger partial charge in [-0.3, -0.25) is 4.79 Å². The van der Waals surface area contributed by atoms with Crippen LogP contribution in [0.15, 0.2) is 24.3 Å². The molecule has 110 valence electrons. The first-order valence-corrected chi connectivity index (χ1v) is 7.26. The number of carbonyl (C=O) groups excluding carboxylic acids is 1. The summed E-state index contributed by atoms with van der Waals surface area (Å²) in [4.78, 5) is 13.7. The summed E-state index contributed by atoms with van der Waals surface area (Å²) in [6, 6.07) is 7.92. The Morgan fingerprint density at radius 2 is 2.15 bits per heavy atom. The van der Waals surface area contributed by atoms with Gasteiger partial charge < -0.3 is 15.3 Å². The first-order chi connectivity index (χ1) is 9.44. The largest absolute Gasteiger partial charge is 0.389 e. The molecule has 1 aromatic carbocycles. The van der Waals surface area contributed by atoms with Crippen molar-refractivity contribution in [2.24, 2.45) is 0 Å². The second kappa shape index (κ2) is 5.94. The van der Waals surface area contributed by atoms with Gasteiger partial charge >= 0.3 is 0 Å². The van der Waals surface area contributed by atoms with Crippen LogP contribution in [-0.4, -0.2) is 30.2 Å². The van der Waals surface area contributed by atoms with E-state index in [0.29, 0.717) is 13.0 Å². The topological polar surface area (TPSA) is 52.6 Å². The Kier molecular flexibility index (Phi) is 4.45. The van der Waals surface area contributed by atoms with Crippen molar-refractivity contribution < 1.29 is 9.90 Å². The molecule has 2 N–H and O–H groups in total. The quantitative estimate of drug-likeness (QED) is 0.867. The number of benzene rings is 1. The Labute approximate surface area is 120 Å². The molecule has 0 saturated heterocycles. The van der Waals surface area contributed by atoms with Crippen molar-refractivity contribution in [3.8, 4) is 0 Å². The minimum absolute atomic E-state index is 0.0155. The molecule has 0 fully saturated rings. The fourth-order valence-electron chi connectivity index (χ4n) is 2.80. The molecule has 20 heavy (non-hydrogen) atoms. The van der Waals surface area contributed by atoms with E-state index in [2.05, 4.69) is 12.2 Å². The van der Waals surface area contributed by atoms with Gasteiger partial charge in [-0.15, -0.1) is 0 Å². The highest BCUT2D eigenvalue weighted by atomic mass is 16.3. The third-order valence-electron chi connectivity index (χ3n) is 3.94. The lowest BCUT2D eigenvalue weighted by Gasteiger charge is -2.34. The maximum Gasteiger partial charge on any atom is 0.228 e. The highest BCUT2D eigenvalue weighted by molar-refractivity contribution is 5.96. The molecular weight excluding hydrogens is 252 g/mol. The Bertz CT molecular complexity index is 485. The summed E-state index contributed by atoms with van der Waals surface area (Å²) in [5.41, 5.74) is 1.36. The maximum absolute atomic E-state index is 12.0. The van der Waals surface area contributed by atoms with E-state index < -0.39 is 5.60 Å². The van der Waals surface area contributed by atoms with E-state index in [9.17, 15) is 9.90 Å². The molecule has 4 nitrogen and oxygen atoms in total. The molecule has 4 heteroatoms.